The van der Waals surface area contributed by atoms with Gasteiger partial charge in [0.05, 0.1) is 6.04 Å². The topological polar surface area (TPSA) is 41.1 Å². The number of hydrogen-bond donors (Lipinski definition) is 2. The first-order valence-corrected chi connectivity index (χ1v) is 7.24. The van der Waals surface area contributed by atoms with E-state index in [1.165, 1.54) is 30.4 Å². The molecule has 1 aliphatic heterocycles. The molecule has 4 heteroatoms. The number of nitrogens with one attached hydrogen (secondary N) is 2. The second kappa shape index (κ2) is 6.15. The van der Waals surface area contributed by atoms with Gasteiger partial charge in [0, 0.05) is 13.1 Å². The lowest BCUT2D eigenvalue weighted by molar-refractivity contribution is -0.124. The first-order valence-electron chi connectivity index (χ1n) is 7.24. The van der Waals surface area contributed by atoms with Crippen molar-refractivity contribution in [1.82, 2.24) is 10.6 Å². The zero-order chi connectivity index (χ0) is 13.3. The predicted molar refractivity (Wildman–Crippen MR) is 83.0 cm³/mol. The Labute approximate surface area is 126 Å². The highest BCUT2D eigenvalue weighted by molar-refractivity contribution is 5.85. The minimum atomic E-state index is -0.0708. The molecule has 1 saturated carbocycles. The van der Waals surface area contributed by atoms with Crippen molar-refractivity contribution >= 4 is 18.3 Å². The molecule has 0 spiro atoms. The monoisotopic (exact) mass is 294 g/mol. The highest BCUT2D eigenvalue weighted by Crippen LogP contribution is 2.39. The van der Waals surface area contributed by atoms with Crippen LogP contribution in [0.4, 0.5) is 0 Å². The number of halogens is 1. The molecule has 1 aromatic rings. The fourth-order valence-electron chi connectivity index (χ4n) is 3.02. The Bertz CT molecular complexity index is 485. The summed E-state index contributed by atoms with van der Waals surface area (Å²) in [6.07, 6.45) is 4.60. The van der Waals surface area contributed by atoms with Crippen molar-refractivity contribution in [2.75, 3.05) is 6.54 Å². The molecule has 1 aromatic carbocycles. The van der Waals surface area contributed by atoms with E-state index >= 15 is 0 Å². The highest BCUT2D eigenvalue weighted by Gasteiger charge is 2.33. The van der Waals surface area contributed by atoms with Crippen molar-refractivity contribution < 1.29 is 4.79 Å². The zero-order valence-electron chi connectivity index (χ0n) is 11.9. The first-order chi connectivity index (χ1) is 9.16. The third kappa shape index (κ3) is 3.15. The lowest BCUT2D eigenvalue weighted by atomic mass is 9.70. The van der Waals surface area contributed by atoms with E-state index in [0.29, 0.717) is 5.41 Å². The summed E-state index contributed by atoms with van der Waals surface area (Å²) < 4.78 is 0. The first kappa shape index (κ1) is 15.3. The molecule has 0 aromatic heterocycles. The molecule has 1 fully saturated rings. The van der Waals surface area contributed by atoms with Crippen molar-refractivity contribution in [3.63, 3.8) is 0 Å². The summed E-state index contributed by atoms with van der Waals surface area (Å²) in [6.45, 7) is 3.89. The molecule has 110 valence electrons. The Morgan fingerprint density at radius 2 is 2.05 bits per heavy atom. The van der Waals surface area contributed by atoms with Gasteiger partial charge < -0.3 is 10.6 Å². The Kier molecular flexibility index (Phi) is 4.71. The number of hydrogen-bond acceptors (Lipinski definition) is 2. The average molecular weight is 295 g/mol. The normalized spacial score (nSPS) is 22.9. The molecule has 1 heterocycles. The standard InChI is InChI=1S/C16H22N2O.ClH/c1-16(7-4-8-16)11-18-15(19)14-9-12-5-2-3-6-13(12)10-17-14;/h2-3,5-6,14,17H,4,7-11H2,1H3,(H,18,19);1H. The van der Waals surface area contributed by atoms with Gasteiger partial charge in [-0.1, -0.05) is 37.6 Å². The van der Waals surface area contributed by atoms with Crippen molar-refractivity contribution in [2.45, 2.75) is 45.2 Å². The van der Waals surface area contributed by atoms with Crippen molar-refractivity contribution in [2.24, 2.45) is 5.41 Å². The smallest absolute Gasteiger partial charge is 0.237 e. The van der Waals surface area contributed by atoms with Gasteiger partial charge in [-0.25, -0.2) is 0 Å². The molecule has 0 saturated heterocycles. The van der Waals surface area contributed by atoms with Crippen LogP contribution in [0.15, 0.2) is 24.3 Å². The quantitative estimate of drug-likeness (QED) is 0.899. The molecule has 3 rings (SSSR count). The maximum Gasteiger partial charge on any atom is 0.237 e. The van der Waals surface area contributed by atoms with E-state index in [9.17, 15) is 4.79 Å². The number of fused-ring (bicyclic) bond motifs is 1. The van der Waals surface area contributed by atoms with Gasteiger partial charge in [-0.2, -0.15) is 0 Å². The Morgan fingerprint density at radius 1 is 1.35 bits per heavy atom. The minimum absolute atomic E-state index is 0. The van der Waals surface area contributed by atoms with Crippen LogP contribution in [0.5, 0.6) is 0 Å². The molecule has 1 amide bonds. The van der Waals surface area contributed by atoms with Crippen LogP contribution in [-0.4, -0.2) is 18.5 Å². The van der Waals surface area contributed by atoms with Gasteiger partial charge in [0.15, 0.2) is 0 Å². The van der Waals surface area contributed by atoms with Gasteiger partial charge >= 0.3 is 0 Å². The summed E-state index contributed by atoms with van der Waals surface area (Å²) in [4.78, 5) is 12.2. The summed E-state index contributed by atoms with van der Waals surface area (Å²) >= 11 is 0. The Hall–Kier alpha value is -1.06. The molecule has 2 aliphatic rings. The number of carbonyl (C=O) groups excluding carboxylic acids is 1. The minimum Gasteiger partial charge on any atom is -0.354 e. The Morgan fingerprint density at radius 3 is 2.70 bits per heavy atom. The number of rotatable bonds is 3. The van der Waals surface area contributed by atoms with Crippen LogP contribution < -0.4 is 10.6 Å². The fourth-order valence-corrected chi connectivity index (χ4v) is 3.02. The number of benzene rings is 1. The largest absolute Gasteiger partial charge is 0.354 e. The maximum atomic E-state index is 12.2. The van der Waals surface area contributed by atoms with Crippen LogP contribution in [0, 0.1) is 5.41 Å². The third-order valence-corrected chi connectivity index (χ3v) is 4.65. The van der Waals surface area contributed by atoms with E-state index in [-0.39, 0.29) is 24.4 Å². The molecule has 0 radical (unpaired) electrons. The van der Waals surface area contributed by atoms with E-state index in [1.807, 2.05) is 0 Å². The molecule has 3 nitrogen and oxygen atoms in total. The second-order valence-corrected chi connectivity index (χ2v) is 6.29. The SMILES string of the molecule is CC1(CNC(=O)C2Cc3ccccc3CN2)CCC1.Cl. The zero-order valence-corrected chi connectivity index (χ0v) is 12.8. The molecule has 0 bridgehead atoms. The highest BCUT2D eigenvalue weighted by atomic mass is 35.5. The predicted octanol–water partition coefficient (Wildman–Crippen LogP) is 2.43. The maximum absolute atomic E-state index is 12.2. The molecule has 1 aliphatic carbocycles. The summed E-state index contributed by atoms with van der Waals surface area (Å²) in [5.41, 5.74) is 2.97. The van der Waals surface area contributed by atoms with Gasteiger partial charge in [-0.3, -0.25) is 4.79 Å². The van der Waals surface area contributed by atoms with E-state index in [1.54, 1.807) is 0 Å². The van der Waals surface area contributed by atoms with Gasteiger partial charge in [0.25, 0.3) is 0 Å². The van der Waals surface area contributed by atoms with Crippen LogP contribution in [0.3, 0.4) is 0 Å². The summed E-state index contributed by atoms with van der Waals surface area (Å²) in [5, 5.41) is 6.46. The Balaban J connectivity index is 0.00000147. The molecule has 1 atom stereocenters. The lowest BCUT2D eigenvalue weighted by Gasteiger charge is -2.39. The van der Waals surface area contributed by atoms with Crippen LogP contribution in [-0.2, 0) is 17.8 Å². The van der Waals surface area contributed by atoms with Crippen LogP contribution in [0.2, 0.25) is 0 Å². The van der Waals surface area contributed by atoms with E-state index in [4.69, 9.17) is 0 Å². The third-order valence-electron chi connectivity index (χ3n) is 4.65. The van der Waals surface area contributed by atoms with Crippen molar-refractivity contribution in [3.8, 4) is 0 Å². The van der Waals surface area contributed by atoms with Crippen LogP contribution in [0.1, 0.15) is 37.3 Å². The number of carbonyl (C=O) groups is 1. The van der Waals surface area contributed by atoms with Gasteiger partial charge in [0.1, 0.15) is 0 Å². The van der Waals surface area contributed by atoms with E-state index < -0.39 is 0 Å². The molecular formula is C16H23ClN2O. The second-order valence-electron chi connectivity index (χ2n) is 6.29. The van der Waals surface area contributed by atoms with Crippen LogP contribution >= 0.6 is 12.4 Å². The lowest BCUT2D eigenvalue weighted by Crippen LogP contribution is -2.50. The molecule has 20 heavy (non-hydrogen) atoms. The molecular weight excluding hydrogens is 272 g/mol. The molecule has 2 N–H and O–H groups in total. The van der Waals surface area contributed by atoms with Crippen molar-refractivity contribution in [3.05, 3.63) is 35.4 Å². The average Bonchev–Trinajstić information content (AvgIpc) is 2.42. The van der Waals surface area contributed by atoms with Gasteiger partial charge in [0.2, 0.25) is 5.91 Å². The van der Waals surface area contributed by atoms with Gasteiger partial charge in [-0.15, -0.1) is 12.4 Å². The fraction of sp³-hybridized carbons (Fsp3) is 0.562. The van der Waals surface area contributed by atoms with E-state index in [2.05, 4.69) is 41.8 Å². The molecule has 1 unspecified atom stereocenters. The summed E-state index contributed by atoms with van der Waals surface area (Å²) in [6, 6.07) is 8.29. The van der Waals surface area contributed by atoms with Crippen molar-refractivity contribution in [1.29, 1.82) is 0 Å². The number of amides is 1. The van der Waals surface area contributed by atoms with Gasteiger partial charge in [-0.05, 0) is 35.8 Å². The summed E-state index contributed by atoms with van der Waals surface area (Å²) in [5.74, 6) is 0.155. The van der Waals surface area contributed by atoms with Crippen LogP contribution in [0.25, 0.3) is 0 Å². The van der Waals surface area contributed by atoms with E-state index in [0.717, 1.165) is 19.5 Å². The summed E-state index contributed by atoms with van der Waals surface area (Å²) in [7, 11) is 0.